The second-order valence-electron chi connectivity index (χ2n) is 21.3. The predicted molar refractivity (Wildman–Crippen MR) is 327 cm³/mol. The number of quaternary nitrogens is 1. The van der Waals surface area contributed by atoms with E-state index in [1.165, 1.54) is 135 Å². The van der Waals surface area contributed by atoms with Crippen LogP contribution in [-0.2, 0) is 18.4 Å². The first-order valence-corrected chi connectivity index (χ1v) is 31.9. The number of aliphatic hydroxyl groups excluding tert-OH is 1. The molecule has 0 aromatic carbocycles. The van der Waals surface area contributed by atoms with Gasteiger partial charge in [-0.05, 0) is 96.3 Å². The third-order valence-electron chi connectivity index (χ3n) is 12.9. The largest absolute Gasteiger partial charge is 0.472 e. The number of unbranched alkanes of at least 4 members (excludes halogenated alkanes) is 23. The van der Waals surface area contributed by atoms with Crippen molar-refractivity contribution in [3.8, 4) is 0 Å². The molecule has 0 aliphatic heterocycles. The van der Waals surface area contributed by atoms with Crippen LogP contribution < -0.4 is 5.32 Å². The third-order valence-corrected chi connectivity index (χ3v) is 13.9. The minimum absolute atomic E-state index is 0.0356. The molecule has 3 atom stereocenters. The first-order valence-electron chi connectivity index (χ1n) is 30.4. The monoisotopic (exact) mass is 1060 g/mol. The van der Waals surface area contributed by atoms with E-state index in [1.807, 2.05) is 27.2 Å². The van der Waals surface area contributed by atoms with Crippen molar-refractivity contribution in [2.24, 2.45) is 0 Å². The van der Waals surface area contributed by atoms with Crippen LogP contribution in [0.4, 0.5) is 0 Å². The van der Waals surface area contributed by atoms with Crippen LogP contribution in [-0.4, -0.2) is 73.4 Å². The highest BCUT2D eigenvalue weighted by Crippen LogP contribution is 2.43. The zero-order valence-electron chi connectivity index (χ0n) is 49.0. The molecular formula is C66H116N2O6P+. The molecule has 430 valence electrons. The molecule has 0 bridgehead atoms. The zero-order chi connectivity index (χ0) is 54.9. The first kappa shape index (κ1) is 71.9. The second kappa shape index (κ2) is 55.6. The molecule has 0 aromatic rings. The number of aliphatic hydroxyl groups is 1. The van der Waals surface area contributed by atoms with Crippen molar-refractivity contribution in [2.45, 2.75) is 251 Å². The lowest BCUT2D eigenvalue weighted by Gasteiger charge is -2.25. The van der Waals surface area contributed by atoms with E-state index < -0.39 is 20.0 Å². The molecule has 0 saturated carbocycles. The summed E-state index contributed by atoms with van der Waals surface area (Å²) in [6.45, 7) is 4.63. The number of phosphoric ester groups is 1. The Morgan fingerprint density at radius 2 is 0.813 bits per heavy atom. The van der Waals surface area contributed by atoms with Crippen LogP contribution in [0.25, 0.3) is 0 Å². The van der Waals surface area contributed by atoms with Crippen LogP contribution in [0, 0.1) is 0 Å². The molecule has 8 nitrogen and oxygen atoms in total. The van der Waals surface area contributed by atoms with Crippen molar-refractivity contribution in [1.82, 2.24) is 5.32 Å². The lowest BCUT2D eigenvalue weighted by molar-refractivity contribution is -0.870. The molecule has 0 heterocycles. The number of rotatable bonds is 54. The number of phosphoric acid groups is 1. The summed E-state index contributed by atoms with van der Waals surface area (Å²) in [6, 6.07) is -0.911. The molecule has 3 N–H and O–H groups in total. The molecule has 0 rings (SSSR count). The number of nitrogens with one attached hydrogen (secondary N) is 1. The number of allylic oxidation sites excluding steroid dienone is 19. The Kier molecular flexibility index (Phi) is 53.3. The van der Waals surface area contributed by atoms with E-state index in [4.69, 9.17) is 9.05 Å². The molecule has 75 heavy (non-hydrogen) atoms. The third kappa shape index (κ3) is 58.4. The van der Waals surface area contributed by atoms with Gasteiger partial charge in [0, 0.05) is 6.42 Å². The highest BCUT2D eigenvalue weighted by molar-refractivity contribution is 7.47. The van der Waals surface area contributed by atoms with Crippen LogP contribution in [0.15, 0.2) is 122 Å². The lowest BCUT2D eigenvalue weighted by atomic mass is 10.0. The van der Waals surface area contributed by atoms with Gasteiger partial charge in [0.1, 0.15) is 13.2 Å². The molecule has 1 amide bonds. The van der Waals surface area contributed by atoms with Gasteiger partial charge in [-0.1, -0.05) is 257 Å². The van der Waals surface area contributed by atoms with Crippen molar-refractivity contribution in [3.63, 3.8) is 0 Å². The summed E-state index contributed by atoms with van der Waals surface area (Å²) in [5, 5.41) is 13.9. The van der Waals surface area contributed by atoms with Crippen LogP contribution in [0.1, 0.15) is 239 Å². The molecule has 0 fully saturated rings. The summed E-state index contributed by atoms with van der Waals surface area (Å²) >= 11 is 0. The fraction of sp³-hybridized carbons (Fsp3) is 0.682. The van der Waals surface area contributed by atoms with E-state index >= 15 is 0 Å². The maximum atomic E-state index is 13.0. The first-order chi connectivity index (χ1) is 36.5. The van der Waals surface area contributed by atoms with Crippen molar-refractivity contribution < 1.29 is 32.9 Å². The predicted octanol–water partition coefficient (Wildman–Crippen LogP) is 18.9. The average Bonchev–Trinajstić information content (AvgIpc) is 3.37. The minimum Gasteiger partial charge on any atom is -0.387 e. The summed E-state index contributed by atoms with van der Waals surface area (Å²) in [7, 11) is 1.49. The summed E-state index contributed by atoms with van der Waals surface area (Å²) in [5.74, 6) is -0.252. The van der Waals surface area contributed by atoms with Gasteiger partial charge in [0.25, 0.3) is 0 Å². The molecule has 0 aromatic heterocycles. The van der Waals surface area contributed by atoms with Crippen LogP contribution in [0.5, 0.6) is 0 Å². The Hall–Kier alpha value is -3.10. The number of likely N-dealkylation sites (N-methyl/N-ethyl adjacent to an activating group) is 1. The van der Waals surface area contributed by atoms with E-state index in [-0.39, 0.29) is 25.5 Å². The lowest BCUT2D eigenvalue weighted by Crippen LogP contribution is -2.45. The number of hydrogen-bond acceptors (Lipinski definition) is 5. The van der Waals surface area contributed by atoms with Gasteiger partial charge in [0.2, 0.25) is 5.91 Å². The average molecular weight is 1060 g/mol. The van der Waals surface area contributed by atoms with Crippen LogP contribution in [0.3, 0.4) is 0 Å². The maximum Gasteiger partial charge on any atom is 0.472 e. The second-order valence-corrected chi connectivity index (χ2v) is 22.8. The van der Waals surface area contributed by atoms with Gasteiger partial charge in [0.05, 0.1) is 39.9 Å². The van der Waals surface area contributed by atoms with Gasteiger partial charge in [-0.25, -0.2) is 4.57 Å². The van der Waals surface area contributed by atoms with Gasteiger partial charge in [-0.3, -0.25) is 13.8 Å². The van der Waals surface area contributed by atoms with E-state index in [1.54, 1.807) is 6.08 Å². The number of carbonyl (C=O) groups is 1. The van der Waals surface area contributed by atoms with Crippen molar-refractivity contribution >= 4 is 13.7 Å². The van der Waals surface area contributed by atoms with Gasteiger partial charge >= 0.3 is 7.82 Å². The van der Waals surface area contributed by atoms with Gasteiger partial charge < -0.3 is 19.8 Å². The molecule has 0 saturated heterocycles. The summed E-state index contributed by atoms with van der Waals surface area (Å²) in [5.41, 5.74) is 0. The van der Waals surface area contributed by atoms with Gasteiger partial charge in [-0.15, -0.1) is 0 Å². The molecule has 0 spiro atoms. The Balaban J connectivity index is 4.35. The zero-order valence-corrected chi connectivity index (χ0v) is 49.9. The van der Waals surface area contributed by atoms with Crippen LogP contribution >= 0.6 is 7.82 Å². The molecule has 9 heteroatoms. The number of hydrogen-bond donors (Lipinski definition) is 3. The maximum absolute atomic E-state index is 13.0. The SMILES string of the molecule is CC/C=C\C/C=C\C/C=C\C/C=C\C/C=C\C/C=C\C/C=C\CCCC(=O)NC(COP(=O)(O)OCC[N+](C)(C)C)C(O)/C=C/CC/C=C/CC/C=C/CCCCCCCCCCCCCCCCCCCCCC. The van der Waals surface area contributed by atoms with Crippen molar-refractivity contribution in [2.75, 3.05) is 40.9 Å². The topological polar surface area (TPSA) is 105 Å². The Morgan fingerprint density at radius 1 is 0.467 bits per heavy atom. The Bertz CT molecular complexity index is 1630. The molecule has 3 unspecified atom stereocenters. The number of amides is 1. The molecule has 0 aliphatic carbocycles. The summed E-state index contributed by atoms with van der Waals surface area (Å²) in [6.07, 6.45) is 83.4. The normalized spacial score (nSPS) is 14.7. The summed E-state index contributed by atoms with van der Waals surface area (Å²) < 4.78 is 23.7. The molecule has 0 radical (unpaired) electrons. The van der Waals surface area contributed by atoms with E-state index in [0.29, 0.717) is 17.4 Å². The van der Waals surface area contributed by atoms with E-state index in [2.05, 4.69) is 129 Å². The van der Waals surface area contributed by atoms with Crippen molar-refractivity contribution in [3.05, 3.63) is 122 Å². The van der Waals surface area contributed by atoms with Gasteiger partial charge in [-0.2, -0.15) is 0 Å². The number of nitrogens with zero attached hydrogens (tertiary/aromatic N) is 1. The van der Waals surface area contributed by atoms with Crippen LogP contribution in [0.2, 0.25) is 0 Å². The van der Waals surface area contributed by atoms with E-state index in [0.717, 1.165) is 77.0 Å². The van der Waals surface area contributed by atoms with Gasteiger partial charge in [0.15, 0.2) is 0 Å². The molecular weight excluding hydrogens is 948 g/mol. The molecule has 0 aliphatic rings. The van der Waals surface area contributed by atoms with Crippen molar-refractivity contribution in [1.29, 1.82) is 0 Å². The minimum atomic E-state index is -4.39. The Morgan fingerprint density at radius 3 is 1.23 bits per heavy atom. The number of carbonyl (C=O) groups excluding carboxylic acids is 1. The fourth-order valence-corrected chi connectivity index (χ4v) is 8.92. The van der Waals surface area contributed by atoms with E-state index in [9.17, 15) is 19.4 Å². The fourth-order valence-electron chi connectivity index (χ4n) is 8.18. The quantitative estimate of drug-likeness (QED) is 0.0243. The smallest absolute Gasteiger partial charge is 0.387 e. The highest BCUT2D eigenvalue weighted by atomic mass is 31.2. The summed E-state index contributed by atoms with van der Waals surface area (Å²) in [4.78, 5) is 23.3. The highest BCUT2D eigenvalue weighted by Gasteiger charge is 2.27. The standard InChI is InChI=1S/C66H115N2O6P/c1-6-8-10-12-14-16-18-20-22-24-26-28-30-31-32-33-34-35-36-38-39-41-43-45-47-49-51-53-55-57-59-65(69)64(63-74-75(71,72)73-62-61-68(3,4)5)67-66(70)60-58-56-54-52-50-48-46-44-42-40-37-29-27-25-23-21-19-17-15-13-11-9-7-2/h9,11,15,17,21,23,27,29,40-43,46,48-49,51-52,54,57,59,64-65,69H,6-8,10,12-14,16,18-20,22,24-26,28,30-39,44-45,47,50,53,55-56,58,60-63H2,1-5H3,(H-,67,70,71,72)/p+1/b11-9-,17-15-,23-21-,29-27-,42-40-,43-41+,48-46-,51-49+,54-52-,59-57+. The Labute approximate surface area is 463 Å².